The van der Waals surface area contributed by atoms with E-state index in [4.69, 9.17) is 5.73 Å². The summed E-state index contributed by atoms with van der Waals surface area (Å²) in [5, 5.41) is 0. The maximum Gasteiger partial charge on any atom is 0.0353 e. The molecule has 0 saturated heterocycles. The predicted octanol–water partition coefficient (Wildman–Crippen LogP) is 4.28. The van der Waals surface area contributed by atoms with Gasteiger partial charge in [-0.3, -0.25) is 0 Å². The molecule has 0 saturated carbocycles. The van der Waals surface area contributed by atoms with E-state index in [1.54, 1.807) is 0 Å². The van der Waals surface area contributed by atoms with Gasteiger partial charge in [0, 0.05) is 11.6 Å². The molecule has 0 heterocycles. The van der Waals surface area contributed by atoms with E-state index in [1.807, 2.05) is 12.1 Å². The second-order valence-electron chi connectivity index (χ2n) is 5.66. The van der Waals surface area contributed by atoms with Crippen molar-refractivity contribution in [2.45, 2.75) is 33.6 Å². The Morgan fingerprint density at radius 2 is 1.76 bits per heavy atom. The average Bonchev–Trinajstić information content (AvgIpc) is 2.18. The Bertz CT molecular complexity index is 492. The zero-order chi connectivity index (χ0) is 12.6. The zero-order valence-electron chi connectivity index (χ0n) is 11.1. The van der Waals surface area contributed by atoms with Crippen molar-refractivity contribution in [3.63, 3.8) is 0 Å². The van der Waals surface area contributed by atoms with Crippen LogP contribution >= 0.6 is 0 Å². The standard InChI is InChI=1S/C16H21N/c1-11-9-12(2)15(16(3,4)10-11)13-7-5-6-8-14(13)17/h5-10,15H,17H2,1-4H3. The number of nitrogen functional groups attached to an aromatic ring is 1. The van der Waals surface area contributed by atoms with Crippen molar-refractivity contribution in [1.29, 1.82) is 0 Å². The Hall–Kier alpha value is -1.50. The number of hydrogen-bond acceptors (Lipinski definition) is 1. The molecule has 1 aromatic rings. The summed E-state index contributed by atoms with van der Waals surface area (Å²) < 4.78 is 0. The fraction of sp³-hybridized carbons (Fsp3) is 0.375. The first-order chi connectivity index (χ1) is 7.92. The molecule has 90 valence electrons. The van der Waals surface area contributed by atoms with E-state index in [-0.39, 0.29) is 5.41 Å². The van der Waals surface area contributed by atoms with Crippen molar-refractivity contribution in [1.82, 2.24) is 0 Å². The lowest BCUT2D eigenvalue weighted by atomic mass is 9.67. The molecule has 1 heteroatoms. The number of rotatable bonds is 1. The largest absolute Gasteiger partial charge is 0.398 e. The molecule has 0 aromatic heterocycles. The van der Waals surface area contributed by atoms with Crippen LogP contribution in [-0.2, 0) is 0 Å². The van der Waals surface area contributed by atoms with Crippen molar-refractivity contribution >= 4 is 5.69 Å². The fourth-order valence-corrected chi connectivity index (χ4v) is 3.16. The van der Waals surface area contributed by atoms with Crippen molar-refractivity contribution in [2.75, 3.05) is 5.73 Å². The monoisotopic (exact) mass is 227 g/mol. The second-order valence-corrected chi connectivity index (χ2v) is 5.66. The van der Waals surface area contributed by atoms with Gasteiger partial charge in [-0.2, -0.15) is 0 Å². The first kappa shape index (κ1) is 12.0. The van der Waals surface area contributed by atoms with Crippen LogP contribution in [-0.4, -0.2) is 0 Å². The highest BCUT2D eigenvalue weighted by atomic mass is 14.6. The highest BCUT2D eigenvalue weighted by molar-refractivity contribution is 5.54. The topological polar surface area (TPSA) is 26.0 Å². The van der Waals surface area contributed by atoms with Gasteiger partial charge in [-0.05, 0) is 30.9 Å². The molecule has 0 fully saturated rings. The van der Waals surface area contributed by atoms with Crippen LogP contribution < -0.4 is 5.73 Å². The summed E-state index contributed by atoms with van der Waals surface area (Å²) in [5.41, 5.74) is 11.1. The molecule has 2 N–H and O–H groups in total. The lowest BCUT2D eigenvalue weighted by Crippen LogP contribution is -2.24. The van der Waals surface area contributed by atoms with Gasteiger partial charge in [0.25, 0.3) is 0 Å². The summed E-state index contributed by atoms with van der Waals surface area (Å²) in [6.45, 7) is 8.93. The van der Waals surface area contributed by atoms with Crippen LogP contribution in [0.4, 0.5) is 5.69 Å². The van der Waals surface area contributed by atoms with Gasteiger partial charge >= 0.3 is 0 Å². The number of benzene rings is 1. The normalized spacial score (nSPS) is 22.9. The molecule has 0 aliphatic heterocycles. The Morgan fingerprint density at radius 3 is 2.35 bits per heavy atom. The number of hydrogen-bond donors (Lipinski definition) is 1. The van der Waals surface area contributed by atoms with Gasteiger partial charge in [-0.15, -0.1) is 0 Å². The SMILES string of the molecule is CC1=CC(C)(C)C(c2ccccc2N)C(C)=C1. The van der Waals surface area contributed by atoms with Gasteiger partial charge in [-0.25, -0.2) is 0 Å². The van der Waals surface area contributed by atoms with E-state index < -0.39 is 0 Å². The summed E-state index contributed by atoms with van der Waals surface area (Å²) in [6.07, 6.45) is 4.61. The van der Waals surface area contributed by atoms with Crippen LogP contribution in [0.3, 0.4) is 0 Å². The molecule has 1 atom stereocenters. The Labute approximate surface area is 104 Å². The molecule has 1 aromatic carbocycles. The number of allylic oxidation sites excluding steroid dienone is 4. The van der Waals surface area contributed by atoms with Crippen molar-refractivity contribution in [3.8, 4) is 0 Å². The predicted molar refractivity (Wildman–Crippen MR) is 74.9 cm³/mol. The number of anilines is 1. The van der Waals surface area contributed by atoms with Crippen LogP contribution in [0.5, 0.6) is 0 Å². The van der Waals surface area contributed by atoms with E-state index in [1.165, 1.54) is 16.7 Å². The summed E-state index contributed by atoms with van der Waals surface area (Å²) in [6, 6.07) is 8.20. The van der Waals surface area contributed by atoms with Crippen LogP contribution in [0, 0.1) is 5.41 Å². The highest BCUT2D eigenvalue weighted by Gasteiger charge is 2.33. The summed E-state index contributed by atoms with van der Waals surface area (Å²) in [7, 11) is 0. The van der Waals surface area contributed by atoms with E-state index in [9.17, 15) is 0 Å². The smallest absolute Gasteiger partial charge is 0.0353 e. The molecule has 1 unspecified atom stereocenters. The third-order valence-corrected chi connectivity index (χ3v) is 3.56. The van der Waals surface area contributed by atoms with Crippen molar-refractivity contribution < 1.29 is 0 Å². The molecule has 1 nitrogen and oxygen atoms in total. The van der Waals surface area contributed by atoms with Crippen molar-refractivity contribution in [2.24, 2.45) is 5.41 Å². The van der Waals surface area contributed by atoms with Gasteiger partial charge in [0.2, 0.25) is 0 Å². The second kappa shape index (κ2) is 4.06. The van der Waals surface area contributed by atoms with Gasteiger partial charge in [-0.1, -0.05) is 55.3 Å². The Morgan fingerprint density at radius 1 is 1.12 bits per heavy atom. The first-order valence-corrected chi connectivity index (χ1v) is 6.14. The average molecular weight is 227 g/mol. The van der Waals surface area contributed by atoms with Crippen LogP contribution in [0.2, 0.25) is 0 Å². The first-order valence-electron chi connectivity index (χ1n) is 6.14. The van der Waals surface area contributed by atoms with E-state index in [2.05, 4.69) is 52.0 Å². The molecular formula is C16H21N. The quantitative estimate of drug-likeness (QED) is 0.712. The van der Waals surface area contributed by atoms with Crippen LogP contribution in [0.15, 0.2) is 47.6 Å². The minimum absolute atomic E-state index is 0.123. The maximum atomic E-state index is 6.12. The van der Waals surface area contributed by atoms with Crippen molar-refractivity contribution in [3.05, 3.63) is 53.1 Å². The molecule has 0 amide bonds. The molecule has 0 spiro atoms. The maximum absolute atomic E-state index is 6.12. The summed E-state index contributed by atoms with van der Waals surface area (Å²) in [5.74, 6) is 0.382. The lowest BCUT2D eigenvalue weighted by molar-refractivity contribution is 0.404. The van der Waals surface area contributed by atoms with Gasteiger partial charge in [0.1, 0.15) is 0 Å². The van der Waals surface area contributed by atoms with E-state index >= 15 is 0 Å². The number of nitrogens with two attached hydrogens (primary N) is 1. The molecule has 0 radical (unpaired) electrons. The molecule has 0 bridgehead atoms. The summed E-state index contributed by atoms with van der Waals surface area (Å²) in [4.78, 5) is 0. The third-order valence-electron chi connectivity index (χ3n) is 3.56. The van der Waals surface area contributed by atoms with E-state index in [0.29, 0.717) is 5.92 Å². The Balaban J connectivity index is 2.53. The van der Waals surface area contributed by atoms with E-state index in [0.717, 1.165) is 5.69 Å². The van der Waals surface area contributed by atoms with Gasteiger partial charge < -0.3 is 5.73 Å². The highest BCUT2D eigenvalue weighted by Crippen LogP contribution is 2.47. The molecular weight excluding hydrogens is 206 g/mol. The molecule has 2 rings (SSSR count). The Kier molecular flexibility index (Phi) is 2.86. The molecule has 17 heavy (non-hydrogen) atoms. The lowest BCUT2D eigenvalue weighted by Gasteiger charge is -2.37. The van der Waals surface area contributed by atoms with Gasteiger partial charge in [0.15, 0.2) is 0 Å². The molecule has 1 aliphatic carbocycles. The van der Waals surface area contributed by atoms with Gasteiger partial charge in [0.05, 0.1) is 0 Å². The minimum atomic E-state index is 0.123. The summed E-state index contributed by atoms with van der Waals surface area (Å²) >= 11 is 0. The van der Waals surface area contributed by atoms with Crippen LogP contribution in [0.1, 0.15) is 39.2 Å². The zero-order valence-corrected chi connectivity index (χ0v) is 11.1. The third kappa shape index (κ3) is 2.14. The number of para-hydroxylation sites is 1. The molecule has 1 aliphatic rings. The minimum Gasteiger partial charge on any atom is -0.398 e. The fourth-order valence-electron chi connectivity index (χ4n) is 3.16. The van der Waals surface area contributed by atoms with Crippen LogP contribution in [0.25, 0.3) is 0 Å².